The van der Waals surface area contributed by atoms with Crippen LogP contribution < -0.4 is 0 Å². The second-order valence-electron chi connectivity index (χ2n) is 6.59. The van der Waals surface area contributed by atoms with Crippen LogP contribution in [0.1, 0.15) is 46.5 Å². The molecule has 0 amide bonds. The van der Waals surface area contributed by atoms with Crippen LogP contribution in [0, 0.1) is 17.3 Å². The molecule has 100 valence electrons. The Morgan fingerprint density at radius 1 is 1.39 bits per heavy atom. The second-order valence-corrected chi connectivity index (χ2v) is 6.59. The van der Waals surface area contributed by atoms with Crippen LogP contribution in [0.5, 0.6) is 0 Å². The molecule has 3 aliphatic rings. The average molecular weight is 250 g/mol. The molecular formula is C15H22O3. The van der Waals surface area contributed by atoms with Crippen LogP contribution in [0.4, 0.5) is 0 Å². The van der Waals surface area contributed by atoms with Crippen LogP contribution in [0.3, 0.4) is 0 Å². The molecule has 3 heteroatoms. The van der Waals surface area contributed by atoms with Gasteiger partial charge in [-0.3, -0.25) is 0 Å². The summed E-state index contributed by atoms with van der Waals surface area (Å²) in [4.78, 5) is 11.7. The van der Waals surface area contributed by atoms with Gasteiger partial charge in [0.05, 0.1) is 6.10 Å². The van der Waals surface area contributed by atoms with Gasteiger partial charge in [-0.15, -0.1) is 0 Å². The molecule has 0 saturated heterocycles. The Kier molecular flexibility index (Phi) is 2.60. The Balaban J connectivity index is 1.96. The molecule has 0 aromatic rings. The van der Waals surface area contributed by atoms with Crippen LogP contribution in [0.15, 0.2) is 11.1 Å². The van der Waals surface area contributed by atoms with Crippen molar-refractivity contribution in [2.75, 3.05) is 0 Å². The van der Waals surface area contributed by atoms with Crippen LogP contribution in [-0.2, 0) is 9.53 Å². The normalized spacial score (nSPS) is 47.7. The molecule has 3 nitrogen and oxygen atoms in total. The minimum Gasteiger partial charge on any atom is -0.454 e. The molecule has 18 heavy (non-hydrogen) atoms. The van der Waals surface area contributed by atoms with Gasteiger partial charge in [0.25, 0.3) is 0 Å². The van der Waals surface area contributed by atoms with Crippen molar-refractivity contribution < 1.29 is 14.6 Å². The summed E-state index contributed by atoms with van der Waals surface area (Å²) in [5, 5.41) is 10.1. The number of rotatable bonds is 0. The highest BCUT2D eigenvalue weighted by Gasteiger charge is 2.52. The topological polar surface area (TPSA) is 46.5 Å². The highest BCUT2D eigenvalue weighted by molar-refractivity contribution is 5.91. The summed E-state index contributed by atoms with van der Waals surface area (Å²) in [5.41, 5.74) is 2.13. The smallest absolute Gasteiger partial charge is 0.334 e. The molecule has 1 N–H and O–H groups in total. The largest absolute Gasteiger partial charge is 0.454 e. The van der Waals surface area contributed by atoms with Crippen molar-refractivity contribution in [3.8, 4) is 0 Å². The number of ether oxygens (including phenoxy) is 1. The van der Waals surface area contributed by atoms with Crippen molar-refractivity contribution in [1.82, 2.24) is 0 Å². The lowest BCUT2D eigenvalue weighted by Gasteiger charge is -2.52. The molecule has 3 rings (SSSR count). The van der Waals surface area contributed by atoms with E-state index in [1.165, 1.54) is 5.57 Å². The van der Waals surface area contributed by atoms with E-state index in [2.05, 4.69) is 13.8 Å². The van der Waals surface area contributed by atoms with Gasteiger partial charge in [-0.2, -0.15) is 0 Å². The fraction of sp³-hybridized carbons (Fsp3) is 0.800. The summed E-state index contributed by atoms with van der Waals surface area (Å²) in [6.07, 6.45) is 3.65. The maximum absolute atomic E-state index is 11.7. The third kappa shape index (κ3) is 1.49. The monoisotopic (exact) mass is 250 g/mol. The van der Waals surface area contributed by atoms with Crippen molar-refractivity contribution >= 4 is 5.97 Å². The number of fused-ring (bicyclic) bond motifs is 2. The maximum atomic E-state index is 11.7. The minimum atomic E-state index is -0.193. The van der Waals surface area contributed by atoms with E-state index in [1.807, 2.05) is 6.92 Å². The molecule has 0 aromatic carbocycles. The summed E-state index contributed by atoms with van der Waals surface area (Å²) in [6, 6.07) is 0. The van der Waals surface area contributed by atoms with Crippen molar-refractivity contribution in [1.29, 1.82) is 0 Å². The van der Waals surface area contributed by atoms with E-state index in [1.54, 1.807) is 0 Å². The molecule has 0 aromatic heterocycles. The molecule has 5 atom stereocenters. The van der Waals surface area contributed by atoms with E-state index < -0.39 is 0 Å². The lowest BCUT2D eigenvalue weighted by molar-refractivity contribution is -0.143. The summed E-state index contributed by atoms with van der Waals surface area (Å²) in [5.74, 6) is 0.738. The van der Waals surface area contributed by atoms with E-state index in [4.69, 9.17) is 4.74 Å². The van der Waals surface area contributed by atoms with Gasteiger partial charge in [0, 0.05) is 5.57 Å². The highest BCUT2D eigenvalue weighted by atomic mass is 16.5. The predicted molar refractivity (Wildman–Crippen MR) is 67.8 cm³/mol. The molecule has 0 bridgehead atoms. The molecule has 0 radical (unpaired) electrons. The summed E-state index contributed by atoms with van der Waals surface area (Å²) < 4.78 is 5.46. The van der Waals surface area contributed by atoms with E-state index in [9.17, 15) is 9.90 Å². The standard InChI is InChI=1S/C15H22O3/c1-8-11-7-15(3)9(2)12(16)5-4-10(15)6-13(11)18-14(8)17/h9-10,12-13,16H,4-7H2,1-3H3. The Labute approximate surface area is 108 Å². The van der Waals surface area contributed by atoms with Crippen molar-refractivity contribution in [3.63, 3.8) is 0 Å². The Hall–Kier alpha value is -0.830. The lowest BCUT2D eigenvalue weighted by atomic mass is 9.53. The van der Waals surface area contributed by atoms with Crippen molar-refractivity contribution in [2.45, 2.75) is 58.7 Å². The van der Waals surface area contributed by atoms with Gasteiger partial charge < -0.3 is 9.84 Å². The zero-order valence-electron chi connectivity index (χ0n) is 11.4. The molecule has 2 aliphatic carbocycles. The first-order chi connectivity index (χ1) is 8.43. The fourth-order valence-corrected chi connectivity index (χ4v) is 4.22. The molecule has 0 spiro atoms. The van der Waals surface area contributed by atoms with Gasteiger partial charge in [0.15, 0.2) is 0 Å². The van der Waals surface area contributed by atoms with Gasteiger partial charge in [0.1, 0.15) is 6.10 Å². The number of aliphatic hydroxyl groups is 1. The van der Waals surface area contributed by atoms with Crippen molar-refractivity contribution in [2.24, 2.45) is 17.3 Å². The highest BCUT2D eigenvalue weighted by Crippen LogP contribution is 2.56. The Morgan fingerprint density at radius 2 is 2.11 bits per heavy atom. The first kappa shape index (κ1) is 12.2. The number of aliphatic hydroxyl groups excluding tert-OH is 1. The molecule has 5 unspecified atom stereocenters. The number of esters is 1. The first-order valence-corrected chi connectivity index (χ1v) is 7.02. The maximum Gasteiger partial charge on any atom is 0.334 e. The Bertz CT molecular complexity index is 425. The van der Waals surface area contributed by atoms with Crippen molar-refractivity contribution in [3.05, 3.63) is 11.1 Å². The van der Waals surface area contributed by atoms with Gasteiger partial charge >= 0.3 is 5.97 Å². The van der Waals surface area contributed by atoms with Crippen LogP contribution in [0.25, 0.3) is 0 Å². The first-order valence-electron chi connectivity index (χ1n) is 7.02. The molecule has 1 heterocycles. The summed E-state index contributed by atoms with van der Waals surface area (Å²) >= 11 is 0. The predicted octanol–water partition coefficient (Wildman–Crippen LogP) is 2.44. The molecular weight excluding hydrogens is 228 g/mol. The fourth-order valence-electron chi connectivity index (χ4n) is 4.22. The van der Waals surface area contributed by atoms with E-state index in [0.717, 1.165) is 31.3 Å². The Morgan fingerprint density at radius 3 is 2.83 bits per heavy atom. The van der Waals surface area contributed by atoms with Gasteiger partial charge in [-0.25, -0.2) is 4.79 Å². The molecule has 2 fully saturated rings. The van der Waals surface area contributed by atoms with Gasteiger partial charge in [-0.1, -0.05) is 13.8 Å². The van der Waals surface area contributed by atoms with Crippen LogP contribution in [-0.4, -0.2) is 23.3 Å². The van der Waals surface area contributed by atoms with Crippen LogP contribution >= 0.6 is 0 Å². The van der Waals surface area contributed by atoms with Gasteiger partial charge in [-0.05, 0) is 55.4 Å². The third-order valence-corrected chi connectivity index (χ3v) is 5.86. The van der Waals surface area contributed by atoms with Gasteiger partial charge in [0.2, 0.25) is 0 Å². The number of hydrogen-bond donors (Lipinski definition) is 1. The number of carbonyl (C=O) groups excluding carboxylic acids is 1. The van der Waals surface area contributed by atoms with E-state index in [0.29, 0.717) is 11.8 Å². The average Bonchev–Trinajstić information content (AvgIpc) is 2.60. The van der Waals surface area contributed by atoms with E-state index in [-0.39, 0.29) is 23.6 Å². The summed E-state index contributed by atoms with van der Waals surface area (Å²) in [6.45, 7) is 6.32. The number of hydrogen-bond acceptors (Lipinski definition) is 3. The summed E-state index contributed by atoms with van der Waals surface area (Å²) in [7, 11) is 0. The zero-order valence-corrected chi connectivity index (χ0v) is 11.4. The lowest BCUT2D eigenvalue weighted by Crippen LogP contribution is -2.49. The quantitative estimate of drug-likeness (QED) is 0.672. The third-order valence-electron chi connectivity index (χ3n) is 5.86. The van der Waals surface area contributed by atoms with Crippen LogP contribution in [0.2, 0.25) is 0 Å². The molecule has 2 saturated carbocycles. The zero-order chi connectivity index (χ0) is 13.1. The SMILES string of the molecule is CC1=C2CC3(C)C(CCC(O)C3C)CC2OC1=O. The second kappa shape index (κ2) is 3.83. The molecule has 1 aliphatic heterocycles. The van der Waals surface area contributed by atoms with E-state index >= 15 is 0 Å². The number of carbonyl (C=O) groups is 1. The minimum absolute atomic E-state index is 0.0259.